The Labute approximate surface area is 149 Å². The SMILES string of the molecule is COC(=O)c1c(C)[nH]c(C(=O)[C@@H](C)Sc2nc3ccccc3o2)c1C. The number of fused-ring (bicyclic) bond motifs is 1. The Morgan fingerprint density at radius 2 is 2.00 bits per heavy atom. The Kier molecular flexibility index (Phi) is 4.67. The van der Waals surface area contributed by atoms with E-state index in [0.29, 0.717) is 33.3 Å². The van der Waals surface area contributed by atoms with E-state index in [1.807, 2.05) is 24.3 Å². The van der Waals surface area contributed by atoms with Gasteiger partial charge in [-0.25, -0.2) is 9.78 Å². The lowest BCUT2D eigenvalue weighted by molar-refractivity contribution is 0.0599. The molecule has 3 aromatic rings. The average molecular weight is 358 g/mol. The summed E-state index contributed by atoms with van der Waals surface area (Å²) in [6.07, 6.45) is 0. The molecule has 2 aromatic heterocycles. The second-order valence-electron chi connectivity index (χ2n) is 5.69. The molecule has 0 fully saturated rings. The van der Waals surface area contributed by atoms with Gasteiger partial charge < -0.3 is 14.1 Å². The third-order valence-corrected chi connectivity index (χ3v) is 4.94. The minimum absolute atomic E-state index is 0.122. The summed E-state index contributed by atoms with van der Waals surface area (Å²) in [5.41, 5.74) is 3.47. The number of ketones is 1. The quantitative estimate of drug-likeness (QED) is 0.423. The number of hydrogen-bond donors (Lipinski definition) is 1. The van der Waals surface area contributed by atoms with Crippen molar-refractivity contribution in [1.82, 2.24) is 9.97 Å². The number of aromatic nitrogens is 2. The fraction of sp³-hybridized carbons (Fsp3) is 0.278. The third kappa shape index (κ3) is 3.19. The fourth-order valence-corrected chi connectivity index (χ4v) is 3.53. The highest BCUT2D eigenvalue weighted by molar-refractivity contribution is 8.00. The highest BCUT2D eigenvalue weighted by atomic mass is 32.2. The molecule has 1 N–H and O–H groups in total. The first-order chi connectivity index (χ1) is 11.9. The van der Waals surface area contributed by atoms with E-state index in [4.69, 9.17) is 9.15 Å². The molecule has 0 amide bonds. The summed E-state index contributed by atoms with van der Waals surface area (Å²) < 4.78 is 10.4. The number of benzene rings is 1. The van der Waals surface area contributed by atoms with Crippen LogP contribution in [0.25, 0.3) is 11.1 Å². The standard InChI is InChI=1S/C18H18N2O4S/c1-9-14(17(22)23-4)10(2)19-15(9)16(21)11(3)25-18-20-12-7-5-6-8-13(12)24-18/h5-8,11,19H,1-4H3/t11-/m1/s1. The zero-order chi connectivity index (χ0) is 18.1. The summed E-state index contributed by atoms with van der Waals surface area (Å²) in [7, 11) is 1.32. The lowest BCUT2D eigenvalue weighted by Gasteiger charge is -2.07. The minimum Gasteiger partial charge on any atom is -0.465 e. The minimum atomic E-state index is -0.454. The number of para-hydroxylation sites is 2. The first-order valence-corrected chi connectivity index (χ1v) is 8.64. The molecule has 2 heterocycles. The summed E-state index contributed by atoms with van der Waals surface area (Å²) >= 11 is 1.25. The molecule has 0 radical (unpaired) electrons. The van der Waals surface area contributed by atoms with Crippen LogP contribution in [0.5, 0.6) is 0 Å². The molecule has 0 aliphatic heterocycles. The first kappa shape index (κ1) is 17.3. The number of nitrogens with zero attached hydrogens (tertiary/aromatic N) is 1. The second-order valence-corrected chi connectivity index (χ2v) is 6.98. The Balaban J connectivity index is 1.84. The number of aryl methyl sites for hydroxylation is 1. The van der Waals surface area contributed by atoms with Crippen LogP contribution >= 0.6 is 11.8 Å². The van der Waals surface area contributed by atoms with E-state index in [2.05, 4.69) is 9.97 Å². The number of rotatable bonds is 5. The number of carbonyl (C=O) groups is 2. The summed E-state index contributed by atoms with van der Waals surface area (Å²) in [4.78, 5) is 32.0. The van der Waals surface area contributed by atoms with Crippen molar-refractivity contribution >= 4 is 34.6 Å². The summed E-state index contributed by atoms with van der Waals surface area (Å²) in [6, 6.07) is 7.44. The van der Waals surface area contributed by atoms with Crippen LogP contribution in [-0.4, -0.2) is 34.1 Å². The molecule has 25 heavy (non-hydrogen) atoms. The van der Waals surface area contributed by atoms with Gasteiger partial charge >= 0.3 is 5.97 Å². The highest BCUT2D eigenvalue weighted by Gasteiger charge is 2.26. The number of oxazole rings is 1. The van der Waals surface area contributed by atoms with Crippen LogP contribution in [0.1, 0.15) is 39.0 Å². The summed E-state index contributed by atoms with van der Waals surface area (Å²) in [5.74, 6) is -0.576. The first-order valence-electron chi connectivity index (χ1n) is 7.76. The molecule has 0 saturated carbocycles. The van der Waals surface area contributed by atoms with Crippen molar-refractivity contribution in [3.8, 4) is 0 Å². The Bertz CT molecular complexity index is 924. The maximum atomic E-state index is 12.8. The van der Waals surface area contributed by atoms with E-state index in [1.165, 1.54) is 18.9 Å². The number of esters is 1. The summed E-state index contributed by atoms with van der Waals surface area (Å²) in [6.45, 7) is 5.27. The van der Waals surface area contributed by atoms with Gasteiger partial charge in [-0.1, -0.05) is 23.9 Å². The van der Waals surface area contributed by atoms with Crippen LogP contribution in [0.2, 0.25) is 0 Å². The molecule has 130 valence electrons. The molecule has 1 aromatic carbocycles. The molecule has 0 aliphatic rings. The van der Waals surface area contributed by atoms with Gasteiger partial charge in [0.05, 0.1) is 23.6 Å². The monoisotopic (exact) mass is 358 g/mol. The van der Waals surface area contributed by atoms with Gasteiger partial charge in [-0.3, -0.25) is 4.79 Å². The smallest absolute Gasteiger partial charge is 0.339 e. The van der Waals surface area contributed by atoms with Gasteiger partial charge in [0.1, 0.15) is 5.52 Å². The highest BCUT2D eigenvalue weighted by Crippen LogP contribution is 2.29. The molecule has 1 atom stereocenters. The number of carbonyl (C=O) groups excluding carboxylic acids is 2. The number of Topliss-reactive ketones (excluding diaryl/α,β-unsaturated/α-hetero) is 1. The van der Waals surface area contributed by atoms with E-state index in [-0.39, 0.29) is 5.78 Å². The van der Waals surface area contributed by atoms with Crippen molar-refractivity contribution in [2.75, 3.05) is 7.11 Å². The van der Waals surface area contributed by atoms with Crippen LogP contribution < -0.4 is 0 Å². The van der Waals surface area contributed by atoms with Gasteiger partial charge in [0, 0.05) is 5.69 Å². The molecular formula is C18H18N2O4S. The van der Waals surface area contributed by atoms with E-state index < -0.39 is 11.2 Å². The van der Waals surface area contributed by atoms with Crippen molar-refractivity contribution in [3.05, 3.63) is 46.8 Å². The second kappa shape index (κ2) is 6.76. The number of thioether (sulfide) groups is 1. The maximum absolute atomic E-state index is 12.8. The molecule has 0 unspecified atom stereocenters. The molecule has 0 spiro atoms. The van der Waals surface area contributed by atoms with E-state index in [1.54, 1.807) is 20.8 Å². The fourth-order valence-electron chi connectivity index (χ4n) is 2.71. The Morgan fingerprint density at radius 3 is 2.68 bits per heavy atom. The van der Waals surface area contributed by atoms with Crippen LogP contribution in [0.4, 0.5) is 0 Å². The van der Waals surface area contributed by atoms with E-state index in [0.717, 1.165) is 5.52 Å². The van der Waals surface area contributed by atoms with Crippen molar-refractivity contribution < 1.29 is 18.7 Å². The molecule has 7 heteroatoms. The Hall–Kier alpha value is -2.54. The zero-order valence-electron chi connectivity index (χ0n) is 14.4. The van der Waals surface area contributed by atoms with Crippen LogP contribution in [-0.2, 0) is 4.74 Å². The van der Waals surface area contributed by atoms with Crippen molar-refractivity contribution in [2.45, 2.75) is 31.2 Å². The Morgan fingerprint density at radius 1 is 1.28 bits per heavy atom. The molecule has 6 nitrogen and oxygen atoms in total. The normalized spacial score (nSPS) is 12.3. The predicted octanol–water partition coefficient (Wildman–Crippen LogP) is 3.92. The number of ether oxygens (including phenoxy) is 1. The topological polar surface area (TPSA) is 85.2 Å². The maximum Gasteiger partial charge on any atom is 0.339 e. The van der Waals surface area contributed by atoms with Crippen LogP contribution in [0, 0.1) is 13.8 Å². The molecule has 3 rings (SSSR count). The molecule has 0 saturated heterocycles. The number of H-pyrrole nitrogens is 1. The van der Waals surface area contributed by atoms with Crippen molar-refractivity contribution in [2.24, 2.45) is 0 Å². The lowest BCUT2D eigenvalue weighted by Crippen LogP contribution is -2.15. The molecule has 0 aliphatic carbocycles. The number of hydrogen-bond acceptors (Lipinski definition) is 6. The van der Waals surface area contributed by atoms with Gasteiger partial charge in [0.15, 0.2) is 11.4 Å². The van der Waals surface area contributed by atoms with Gasteiger partial charge in [0.25, 0.3) is 5.22 Å². The van der Waals surface area contributed by atoms with Gasteiger partial charge in [-0.15, -0.1) is 0 Å². The van der Waals surface area contributed by atoms with E-state index in [9.17, 15) is 9.59 Å². The largest absolute Gasteiger partial charge is 0.465 e. The van der Waals surface area contributed by atoms with Crippen LogP contribution in [0.15, 0.2) is 33.9 Å². The van der Waals surface area contributed by atoms with Crippen LogP contribution in [0.3, 0.4) is 0 Å². The number of methoxy groups -OCH3 is 1. The van der Waals surface area contributed by atoms with Gasteiger partial charge in [0.2, 0.25) is 0 Å². The molecular weight excluding hydrogens is 340 g/mol. The average Bonchev–Trinajstić information content (AvgIpc) is 3.13. The van der Waals surface area contributed by atoms with Crippen molar-refractivity contribution in [3.63, 3.8) is 0 Å². The molecule has 0 bridgehead atoms. The van der Waals surface area contributed by atoms with Gasteiger partial charge in [-0.05, 0) is 38.5 Å². The number of nitrogens with one attached hydrogen (secondary N) is 1. The summed E-state index contributed by atoms with van der Waals surface area (Å²) in [5, 5.41) is 0.0199. The van der Waals surface area contributed by atoms with E-state index >= 15 is 0 Å². The van der Waals surface area contributed by atoms with Gasteiger partial charge in [-0.2, -0.15) is 0 Å². The van der Waals surface area contributed by atoms with Crippen molar-refractivity contribution in [1.29, 1.82) is 0 Å². The third-order valence-electron chi connectivity index (χ3n) is 3.99. The zero-order valence-corrected chi connectivity index (χ0v) is 15.2. The number of aromatic amines is 1. The lowest BCUT2D eigenvalue weighted by atomic mass is 10.1. The predicted molar refractivity (Wildman–Crippen MR) is 95.3 cm³/mol.